The third-order valence-corrected chi connectivity index (χ3v) is 2.95. The molecule has 1 heterocycles. The number of nitrogens with zero attached hydrogens (tertiary/aromatic N) is 1. The average Bonchev–Trinajstić information content (AvgIpc) is 2.65. The first-order valence-electron chi connectivity index (χ1n) is 5.71. The van der Waals surface area contributed by atoms with Crippen LogP contribution in [0.4, 0.5) is 10.9 Å². The summed E-state index contributed by atoms with van der Waals surface area (Å²) in [5.41, 5.74) is 5.68. The molecule has 3 N–H and O–H groups in total. The van der Waals surface area contributed by atoms with Crippen molar-refractivity contribution in [2.24, 2.45) is 5.92 Å². The molecular weight excluding hydrogens is 238 g/mol. The van der Waals surface area contributed by atoms with Crippen molar-refractivity contribution in [3.63, 3.8) is 0 Å². The molecule has 0 aliphatic rings. The molecule has 5 nitrogen and oxygen atoms in total. The lowest BCUT2D eigenvalue weighted by molar-refractivity contribution is 0.0512. The molecule has 0 fully saturated rings. The summed E-state index contributed by atoms with van der Waals surface area (Å²) in [5.74, 6) is 0.359. The van der Waals surface area contributed by atoms with Gasteiger partial charge in [0.2, 0.25) is 0 Å². The van der Waals surface area contributed by atoms with Crippen molar-refractivity contribution >= 4 is 28.3 Å². The summed E-state index contributed by atoms with van der Waals surface area (Å²) in [5, 5.41) is 3.80. The predicted molar refractivity (Wildman–Crippen MR) is 70.4 cm³/mol. The lowest BCUT2D eigenvalue weighted by Gasteiger charge is -2.04. The van der Waals surface area contributed by atoms with Crippen LogP contribution in [-0.4, -0.2) is 24.1 Å². The summed E-state index contributed by atoms with van der Waals surface area (Å²) in [6, 6.07) is 0. The smallest absolute Gasteiger partial charge is 0.352 e. The minimum Gasteiger partial charge on any atom is -0.461 e. The van der Waals surface area contributed by atoms with Crippen molar-refractivity contribution in [3.05, 3.63) is 4.88 Å². The standard InChI is InChI=1S/C11H19N3O2S/c1-4-5-16-10(15)8-9(12)14-11(17-8)13-6-7(2)3/h7H,4-6,12H2,1-3H3,(H,13,14). The summed E-state index contributed by atoms with van der Waals surface area (Å²) in [4.78, 5) is 16.1. The van der Waals surface area contributed by atoms with Gasteiger partial charge in [-0.15, -0.1) is 0 Å². The highest BCUT2D eigenvalue weighted by molar-refractivity contribution is 7.17. The van der Waals surface area contributed by atoms with E-state index in [1.807, 2.05) is 6.92 Å². The SMILES string of the molecule is CCCOC(=O)c1sc(NCC(C)C)nc1N. The first-order chi connectivity index (χ1) is 8.04. The summed E-state index contributed by atoms with van der Waals surface area (Å²) in [6.45, 7) is 7.35. The second-order valence-electron chi connectivity index (χ2n) is 4.14. The van der Waals surface area contributed by atoms with Crippen LogP contribution in [0.2, 0.25) is 0 Å². The van der Waals surface area contributed by atoms with E-state index >= 15 is 0 Å². The van der Waals surface area contributed by atoms with Gasteiger partial charge in [-0.3, -0.25) is 0 Å². The van der Waals surface area contributed by atoms with Gasteiger partial charge in [-0.05, 0) is 12.3 Å². The fourth-order valence-corrected chi connectivity index (χ4v) is 1.89. The van der Waals surface area contributed by atoms with Gasteiger partial charge in [0.05, 0.1) is 6.61 Å². The Morgan fingerprint density at radius 1 is 1.59 bits per heavy atom. The van der Waals surface area contributed by atoms with Crippen molar-refractivity contribution in [1.29, 1.82) is 0 Å². The molecule has 0 saturated heterocycles. The summed E-state index contributed by atoms with van der Waals surface area (Å²) >= 11 is 1.24. The van der Waals surface area contributed by atoms with E-state index in [1.54, 1.807) is 0 Å². The molecule has 0 saturated carbocycles. The number of hydrogen-bond donors (Lipinski definition) is 2. The Kier molecular flexibility index (Phi) is 5.21. The Balaban J connectivity index is 2.64. The zero-order valence-corrected chi connectivity index (χ0v) is 11.3. The monoisotopic (exact) mass is 257 g/mol. The van der Waals surface area contributed by atoms with Gasteiger partial charge < -0.3 is 15.8 Å². The van der Waals surface area contributed by atoms with Crippen molar-refractivity contribution in [3.8, 4) is 0 Å². The van der Waals surface area contributed by atoms with Crippen molar-refractivity contribution < 1.29 is 9.53 Å². The molecule has 6 heteroatoms. The molecule has 0 bridgehead atoms. The van der Waals surface area contributed by atoms with Crippen molar-refractivity contribution in [2.75, 3.05) is 24.2 Å². The van der Waals surface area contributed by atoms with Gasteiger partial charge in [0, 0.05) is 6.54 Å². The van der Waals surface area contributed by atoms with E-state index in [9.17, 15) is 4.79 Å². The number of ether oxygens (including phenoxy) is 1. The first kappa shape index (κ1) is 13.8. The maximum atomic E-state index is 11.6. The van der Waals surface area contributed by atoms with Gasteiger partial charge in [0.15, 0.2) is 15.8 Å². The fourth-order valence-electron chi connectivity index (χ4n) is 1.11. The Bertz CT molecular complexity index is 377. The largest absolute Gasteiger partial charge is 0.461 e. The van der Waals surface area contributed by atoms with Gasteiger partial charge in [0.25, 0.3) is 0 Å². The molecule has 0 aliphatic heterocycles. The zero-order valence-electron chi connectivity index (χ0n) is 10.4. The molecule has 0 unspecified atom stereocenters. The van der Waals surface area contributed by atoms with Crippen LogP contribution in [0.1, 0.15) is 36.9 Å². The molecule has 0 aliphatic carbocycles. The molecule has 0 atom stereocenters. The minimum absolute atomic E-state index is 0.238. The molecule has 0 amide bonds. The molecular formula is C11H19N3O2S. The average molecular weight is 257 g/mol. The molecule has 96 valence electrons. The number of thiazole rings is 1. The lowest BCUT2D eigenvalue weighted by Crippen LogP contribution is -2.07. The summed E-state index contributed by atoms with van der Waals surface area (Å²) in [6.07, 6.45) is 0.795. The number of nitrogens with one attached hydrogen (secondary N) is 1. The Labute approximate surface area is 105 Å². The second-order valence-corrected chi connectivity index (χ2v) is 5.14. The molecule has 0 spiro atoms. The minimum atomic E-state index is -0.389. The van der Waals surface area contributed by atoms with E-state index in [0.717, 1.165) is 13.0 Å². The van der Waals surface area contributed by atoms with Gasteiger partial charge in [0.1, 0.15) is 0 Å². The van der Waals surface area contributed by atoms with E-state index in [2.05, 4.69) is 24.1 Å². The molecule has 1 rings (SSSR count). The fraction of sp³-hybridized carbons (Fsp3) is 0.636. The molecule has 17 heavy (non-hydrogen) atoms. The molecule has 1 aromatic rings. The number of carbonyl (C=O) groups is 1. The topological polar surface area (TPSA) is 77.2 Å². The number of rotatable bonds is 6. The van der Waals surface area contributed by atoms with Crippen LogP contribution in [0.3, 0.4) is 0 Å². The van der Waals surface area contributed by atoms with E-state index in [-0.39, 0.29) is 11.8 Å². The molecule has 0 aromatic carbocycles. The first-order valence-corrected chi connectivity index (χ1v) is 6.53. The maximum absolute atomic E-state index is 11.6. The second kappa shape index (κ2) is 6.44. The summed E-state index contributed by atoms with van der Waals surface area (Å²) < 4.78 is 5.02. The quantitative estimate of drug-likeness (QED) is 0.765. The third-order valence-electron chi connectivity index (χ3n) is 1.94. The Hall–Kier alpha value is -1.30. The van der Waals surface area contributed by atoms with Crippen LogP contribution in [-0.2, 0) is 4.74 Å². The van der Waals surface area contributed by atoms with Crippen LogP contribution in [0.5, 0.6) is 0 Å². The maximum Gasteiger partial charge on any atom is 0.352 e. The third kappa shape index (κ3) is 4.22. The van der Waals surface area contributed by atoms with Gasteiger partial charge in [-0.25, -0.2) is 9.78 Å². The van der Waals surface area contributed by atoms with Gasteiger partial charge in [-0.1, -0.05) is 32.1 Å². The Morgan fingerprint density at radius 3 is 2.88 bits per heavy atom. The van der Waals surface area contributed by atoms with Crippen molar-refractivity contribution in [2.45, 2.75) is 27.2 Å². The molecule has 1 aromatic heterocycles. The van der Waals surface area contributed by atoms with Gasteiger partial charge >= 0.3 is 5.97 Å². The number of anilines is 2. The Morgan fingerprint density at radius 2 is 2.29 bits per heavy atom. The zero-order chi connectivity index (χ0) is 12.8. The van der Waals surface area contributed by atoms with Crippen LogP contribution < -0.4 is 11.1 Å². The normalized spacial score (nSPS) is 10.6. The summed E-state index contributed by atoms with van der Waals surface area (Å²) in [7, 11) is 0. The number of esters is 1. The highest BCUT2D eigenvalue weighted by Crippen LogP contribution is 2.25. The van der Waals surface area contributed by atoms with E-state index in [0.29, 0.717) is 22.5 Å². The number of carbonyl (C=O) groups excluding carboxylic acids is 1. The van der Waals surface area contributed by atoms with Crippen LogP contribution in [0.25, 0.3) is 0 Å². The molecule has 0 radical (unpaired) electrons. The van der Waals surface area contributed by atoms with Crippen LogP contribution in [0.15, 0.2) is 0 Å². The van der Waals surface area contributed by atoms with Crippen LogP contribution >= 0.6 is 11.3 Å². The van der Waals surface area contributed by atoms with E-state index < -0.39 is 0 Å². The highest BCUT2D eigenvalue weighted by Gasteiger charge is 2.17. The highest BCUT2D eigenvalue weighted by atomic mass is 32.1. The number of hydrogen-bond acceptors (Lipinski definition) is 6. The van der Waals surface area contributed by atoms with Crippen molar-refractivity contribution in [1.82, 2.24) is 4.98 Å². The van der Waals surface area contributed by atoms with E-state index in [1.165, 1.54) is 11.3 Å². The predicted octanol–water partition coefficient (Wildman–Crippen LogP) is 2.36. The number of aromatic nitrogens is 1. The van der Waals surface area contributed by atoms with Crippen LogP contribution in [0, 0.1) is 5.92 Å². The van der Waals surface area contributed by atoms with E-state index in [4.69, 9.17) is 10.5 Å². The van der Waals surface area contributed by atoms with Gasteiger partial charge in [-0.2, -0.15) is 0 Å². The number of nitrogen functional groups attached to an aromatic ring is 1. The lowest BCUT2D eigenvalue weighted by atomic mass is 10.2. The number of nitrogens with two attached hydrogens (primary N) is 1.